The third-order valence-corrected chi connectivity index (χ3v) is 6.20. The van der Waals surface area contributed by atoms with Crippen molar-refractivity contribution in [2.24, 2.45) is 5.92 Å². The van der Waals surface area contributed by atoms with E-state index in [4.69, 9.17) is 14.2 Å². The van der Waals surface area contributed by atoms with E-state index in [1.54, 1.807) is 19.1 Å². The number of carbonyl (C=O) groups excluding carboxylic acids is 2. The van der Waals surface area contributed by atoms with Gasteiger partial charge in [0.15, 0.2) is 18.1 Å². The summed E-state index contributed by atoms with van der Waals surface area (Å²) in [5, 5.41) is 9.54. The number of ether oxygens (including phenoxy) is 3. The average Bonchev–Trinajstić information content (AvgIpc) is 3.10. The van der Waals surface area contributed by atoms with E-state index in [2.05, 4.69) is 18.4 Å². The predicted molar refractivity (Wildman–Crippen MR) is 132 cm³/mol. The third-order valence-electron chi connectivity index (χ3n) is 6.20. The molecule has 1 amide bonds. The zero-order valence-corrected chi connectivity index (χ0v) is 21.3. The summed E-state index contributed by atoms with van der Waals surface area (Å²) in [6.45, 7) is 9.55. The lowest BCUT2D eigenvalue weighted by atomic mass is 9.99. The summed E-state index contributed by atoms with van der Waals surface area (Å²) in [7, 11) is 3.16. The molecule has 0 saturated carbocycles. The molecule has 0 saturated heterocycles. The molecule has 0 bridgehead atoms. The minimum atomic E-state index is -0.807. The van der Waals surface area contributed by atoms with Gasteiger partial charge >= 0.3 is 5.97 Å². The summed E-state index contributed by atoms with van der Waals surface area (Å²) in [6, 6.07) is 7.66. The molecule has 2 aromatic rings. The molecule has 1 aromatic heterocycles. The first-order valence-corrected chi connectivity index (χ1v) is 11.7. The number of fused-ring (bicyclic) bond motifs is 1. The van der Waals surface area contributed by atoms with Crippen molar-refractivity contribution in [2.45, 2.75) is 47.2 Å². The molecule has 1 aliphatic heterocycles. The van der Waals surface area contributed by atoms with Crippen LogP contribution in [0.5, 0.6) is 11.5 Å². The molecule has 0 radical (unpaired) electrons. The van der Waals surface area contributed by atoms with Gasteiger partial charge in [-0.05, 0) is 67.2 Å². The summed E-state index contributed by atoms with van der Waals surface area (Å²) < 4.78 is 18.1. The van der Waals surface area contributed by atoms with Crippen molar-refractivity contribution >= 4 is 18.0 Å². The highest BCUT2D eigenvalue weighted by atomic mass is 16.5. The van der Waals surface area contributed by atoms with Gasteiger partial charge in [-0.15, -0.1) is 0 Å². The maximum absolute atomic E-state index is 12.8. The molecule has 186 valence electrons. The molecule has 1 aromatic carbocycles. The van der Waals surface area contributed by atoms with Crippen LogP contribution in [0.2, 0.25) is 0 Å². The number of nitrogens with zero attached hydrogens (tertiary/aromatic N) is 3. The summed E-state index contributed by atoms with van der Waals surface area (Å²) in [6.07, 6.45) is 2.19. The monoisotopic (exact) mass is 479 g/mol. The number of amides is 1. The van der Waals surface area contributed by atoms with Crippen LogP contribution in [-0.4, -0.2) is 48.7 Å². The van der Waals surface area contributed by atoms with E-state index >= 15 is 0 Å². The van der Waals surface area contributed by atoms with Crippen molar-refractivity contribution in [3.63, 3.8) is 0 Å². The first-order chi connectivity index (χ1) is 16.7. The second kappa shape index (κ2) is 11.1. The first kappa shape index (κ1) is 25.9. The Bertz CT molecular complexity index is 1190. The largest absolute Gasteiger partial charge is 0.493 e. The number of aromatic nitrogens is 1. The lowest BCUT2D eigenvalue weighted by molar-refractivity contribution is -0.149. The number of hydrogen-bond donors (Lipinski definition) is 0. The molecule has 0 N–H and O–H groups in total. The number of benzene rings is 1. The van der Waals surface area contributed by atoms with Crippen molar-refractivity contribution in [3.05, 3.63) is 51.9 Å². The molecule has 0 fully saturated rings. The lowest BCUT2D eigenvalue weighted by Gasteiger charge is -2.29. The quantitative estimate of drug-likeness (QED) is 0.325. The van der Waals surface area contributed by atoms with E-state index in [1.807, 2.05) is 38.1 Å². The van der Waals surface area contributed by atoms with Gasteiger partial charge in [-0.25, -0.2) is 4.79 Å². The molecule has 1 aliphatic rings. The Kier molecular flexibility index (Phi) is 8.23. The summed E-state index contributed by atoms with van der Waals surface area (Å²) >= 11 is 0. The van der Waals surface area contributed by atoms with E-state index in [9.17, 15) is 14.9 Å². The number of carbonyl (C=O) groups is 2. The molecular weight excluding hydrogens is 446 g/mol. The van der Waals surface area contributed by atoms with Crippen LogP contribution in [0.4, 0.5) is 0 Å². The minimum Gasteiger partial charge on any atom is -0.493 e. The Labute approximate surface area is 206 Å². The highest BCUT2D eigenvalue weighted by Crippen LogP contribution is 2.33. The topological polar surface area (TPSA) is 93.8 Å². The van der Waals surface area contributed by atoms with Gasteiger partial charge in [0.05, 0.1) is 14.2 Å². The SMILES string of the molecule is COc1cc2c(cc1OC)CN(C(=O)COC(=O)/C(C#N)=C/c1cc(C)n(CC(C)C)c1C)CC2. The van der Waals surface area contributed by atoms with E-state index in [1.165, 1.54) is 6.08 Å². The van der Waals surface area contributed by atoms with Gasteiger partial charge in [-0.1, -0.05) is 13.8 Å². The molecule has 8 heteroatoms. The number of nitriles is 1. The van der Waals surface area contributed by atoms with Crippen LogP contribution >= 0.6 is 0 Å². The number of aryl methyl sites for hydroxylation is 1. The van der Waals surface area contributed by atoms with Crippen LogP contribution in [0.15, 0.2) is 23.8 Å². The van der Waals surface area contributed by atoms with Crippen LogP contribution in [-0.2, 0) is 33.8 Å². The van der Waals surface area contributed by atoms with Crippen LogP contribution < -0.4 is 9.47 Å². The van der Waals surface area contributed by atoms with Gasteiger partial charge in [-0.2, -0.15) is 5.26 Å². The Morgan fingerprint density at radius 3 is 2.37 bits per heavy atom. The van der Waals surface area contributed by atoms with Crippen LogP contribution in [0.3, 0.4) is 0 Å². The van der Waals surface area contributed by atoms with Gasteiger partial charge < -0.3 is 23.7 Å². The molecule has 0 atom stereocenters. The molecule has 0 aliphatic carbocycles. The van der Waals surface area contributed by atoms with Gasteiger partial charge in [0.25, 0.3) is 5.91 Å². The zero-order valence-electron chi connectivity index (χ0n) is 21.3. The minimum absolute atomic E-state index is 0.136. The van der Waals surface area contributed by atoms with E-state index in [0.29, 0.717) is 36.9 Å². The van der Waals surface area contributed by atoms with Crippen LogP contribution in [0.1, 0.15) is 41.9 Å². The van der Waals surface area contributed by atoms with E-state index < -0.39 is 12.6 Å². The normalized spacial score (nSPS) is 13.3. The summed E-state index contributed by atoms with van der Waals surface area (Å²) in [5.41, 5.74) is 4.74. The fourth-order valence-corrected chi connectivity index (χ4v) is 4.30. The van der Waals surface area contributed by atoms with Crippen LogP contribution in [0.25, 0.3) is 6.08 Å². The smallest absolute Gasteiger partial charge is 0.349 e. The van der Waals surface area contributed by atoms with Crippen LogP contribution in [0, 0.1) is 31.1 Å². The average molecular weight is 480 g/mol. The van der Waals surface area contributed by atoms with Crippen molar-refractivity contribution in [1.82, 2.24) is 9.47 Å². The molecule has 0 spiro atoms. The predicted octanol–water partition coefficient (Wildman–Crippen LogP) is 3.81. The number of hydrogen-bond acceptors (Lipinski definition) is 6. The molecule has 2 heterocycles. The van der Waals surface area contributed by atoms with Gasteiger partial charge in [0, 0.05) is 31.0 Å². The second-order valence-electron chi connectivity index (χ2n) is 9.12. The van der Waals surface area contributed by atoms with Gasteiger partial charge in [-0.3, -0.25) is 4.79 Å². The molecular formula is C27H33N3O5. The second-order valence-corrected chi connectivity index (χ2v) is 9.12. The maximum atomic E-state index is 12.8. The Hall–Kier alpha value is -3.73. The highest BCUT2D eigenvalue weighted by Gasteiger charge is 2.24. The summed E-state index contributed by atoms with van der Waals surface area (Å²) in [4.78, 5) is 27.0. The molecule has 8 nitrogen and oxygen atoms in total. The fourth-order valence-electron chi connectivity index (χ4n) is 4.30. The van der Waals surface area contributed by atoms with Gasteiger partial charge in [0.2, 0.25) is 0 Å². The molecule has 0 unspecified atom stereocenters. The number of rotatable bonds is 8. The fraction of sp³-hybridized carbons (Fsp3) is 0.444. The number of methoxy groups -OCH3 is 2. The summed E-state index contributed by atoms with van der Waals surface area (Å²) in [5.74, 6) is 0.599. The van der Waals surface area contributed by atoms with Crippen molar-refractivity contribution in [1.29, 1.82) is 5.26 Å². The number of esters is 1. The molecule has 35 heavy (non-hydrogen) atoms. The lowest BCUT2D eigenvalue weighted by Crippen LogP contribution is -2.38. The standard InChI is InChI=1S/C27H33N3O5/c1-17(2)14-30-18(3)9-21(19(30)4)10-22(13-28)27(32)35-16-26(31)29-8-7-20-11-24(33-5)25(34-6)12-23(20)15-29/h9-12,17H,7-8,14-16H2,1-6H3/b22-10+. The Morgan fingerprint density at radius 1 is 1.11 bits per heavy atom. The Balaban J connectivity index is 1.66. The zero-order chi connectivity index (χ0) is 25.7. The first-order valence-electron chi connectivity index (χ1n) is 11.7. The van der Waals surface area contributed by atoms with Crippen molar-refractivity contribution < 1.29 is 23.8 Å². The van der Waals surface area contributed by atoms with E-state index in [0.717, 1.165) is 34.6 Å². The maximum Gasteiger partial charge on any atom is 0.349 e. The van der Waals surface area contributed by atoms with Crippen molar-refractivity contribution in [3.8, 4) is 17.6 Å². The third kappa shape index (κ3) is 5.86. The van der Waals surface area contributed by atoms with Gasteiger partial charge in [0.1, 0.15) is 11.6 Å². The van der Waals surface area contributed by atoms with E-state index in [-0.39, 0.29) is 11.5 Å². The van der Waals surface area contributed by atoms with Crippen molar-refractivity contribution in [2.75, 3.05) is 27.4 Å². The highest BCUT2D eigenvalue weighted by molar-refractivity contribution is 5.99. The Morgan fingerprint density at radius 2 is 1.77 bits per heavy atom. The molecule has 3 rings (SSSR count).